The van der Waals surface area contributed by atoms with E-state index in [1.807, 2.05) is 24.5 Å². The molecule has 0 aliphatic carbocycles. The minimum Gasteiger partial charge on any atom is -0.480 e. The lowest BCUT2D eigenvalue weighted by Gasteiger charge is -2.21. The Labute approximate surface area is 162 Å². The molecule has 1 heterocycles. The van der Waals surface area contributed by atoms with Crippen LogP contribution in [0.15, 0.2) is 42.5 Å². The molecule has 0 aliphatic heterocycles. The van der Waals surface area contributed by atoms with Gasteiger partial charge in [-0.25, -0.2) is 9.37 Å². The highest BCUT2D eigenvalue weighted by Crippen LogP contribution is 2.19. The maximum atomic E-state index is 13.0. The molecule has 2 aromatic carbocycles. The number of hydrogen-bond acceptors (Lipinski definition) is 3. The van der Waals surface area contributed by atoms with Gasteiger partial charge in [0.2, 0.25) is 0 Å². The van der Waals surface area contributed by atoms with E-state index in [2.05, 4.69) is 4.98 Å². The third-order valence-electron chi connectivity index (χ3n) is 4.70. The van der Waals surface area contributed by atoms with Crippen LogP contribution < -0.4 is 0 Å². The van der Waals surface area contributed by atoms with E-state index in [0.717, 1.165) is 23.4 Å². The number of aliphatic carboxylic acids is 1. The van der Waals surface area contributed by atoms with Crippen LogP contribution in [0, 0.1) is 12.7 Å². The summed E-state index contributed by atoms with van der Waals surface area (Å²) >= 11 is 0. The highest BCUT2D eigenvalue weighted by atomic mass is 19.1. The van der Waals surface area contributed by atoms with Crippen LogP contribution in [0.3, 0.4) is 0 Å². The molecule has 0 radical (unpaired) electrons. The molecule has 0 saturated heterocycles. The molecule has 3 rings (SSSR count). The molecule has 146 valence electrons. The van der Waals surface area contributed by atoms with E-state index < -0.39 is 12.5 Å². The van der Waals surface area contributed by atoms with Gasteiger partial charge < -0.3 is 14.6 Å². The number of carboxylic acids is 1. The molecule has 1 aromatic heterocycles. The highest BCUT2D eigenvalue weighted by molar-refractivity contribution is 5.98. The molecule has 0 unspecified atom stereocenters. The van der Waals surface area contributed by atoms with Gasteiger partial charge in [0.1, 0.15) is 18.2 Å². The molecule has 0 aliphatic rings. The van der Waals surface area contributed by atoms with Crippen molar-refractivity contribution >= 4 is 22.9 Å². The van der Waals surface area contributed by atoms with Crippen molar-refractivity contribution in [1.29, 1.82) is 0 Å². The fourth-order valence-electron chi connectivity index (χ4n) is 3.30. The number of imidazole rings is 1. The first kappa shape index (κ1) is 19.5. The van der Waals surface area contributed by atoms with Crippen LogP contribution in [0.5, 0.6) is 0 Å². The van der Waals surface area contributed by atoms with Crippen molar-refractivity contribution in [1.82, 2.24) is 14.5 Å². The first-order chi connectivity index (χ1) is 13.4. The first-order valence-corrected chi connectivity index (χ1v) is 9.11. The van der Waals surface area contributed by atoms with Gasteiger partial charge >= 0.3 is 5.97 Å². The molecular formula is C21H22FN3O3. The predicted octanol–water partition coefficient (Wildman–Crippen LogP) is 3.27. The van der Waals surface area contributed by atoms with Crippen molar-refractivity contribution in [3.8, 4) is 0 Å². The van der Waals surface area contributed by atoms with Gasteiger partial charge in [0.15, 0.2) is 0 Å². The number of hydrogen-bond donors (Lipinski definition) is 1. The zero-order valence-electron chi connectivity index (χ0n) is 15.9. The molecule has 1 N–H and O–H groups in total. The van der Waals surface area contributed by atoms with Crippen LogP contribution in [0.1, 0.15) is 28.7 Å². The van der Waals surface area contributed by atoms with Crippen LogP contribution in [-0.4, -0.2) is 44.5 Å². The fraction of sp³-hybridized carbons (Fsp3) is 0.286. The Morgan fingerprint density at radius 3 is 2.54 bits per heavy atom. The zero-order valence-corrected chi connectivity index (χ0v) is 15.9. The second-order valence-electron chi connectivity index (χ2n) is 6.60. The van der Waals surface area contributed by atoms with Gasteiger partial charge in [-0.1, -0.05) is 12.1 Å². The quantitative estimate of drug-likeness (QED) is 0.679. The molecule has 7 heteroatoms. The van der Waals surface area contributed by atoms with Gasteiger partial charge in [-0.05, 0) is 56.2 Å². The number of carbonyl (C=O) groups is 2. The number of aromatic nitrogens is 2. The standard InChI is InChI=1S/C21H22FN3O3/c1-3-25-14(2)23-18-12-16(6-9-19(18)25)21(28)24(13-20(26)27)11-10-15-4-7-17(22)8-5-15/h4-9,12H,3,10-11,13H2,1-2H3,(H,26,27). The Bertz CT molecular complexity index is 1010. The van der Waals surface area contributed by atoms with Crippen molar-refractivity contribution in [2.75, 3.05) is 13.1 Å². The van der Waals surface area contributed by atoms with E-state index >= 15 is 0 Å². The number of benzene rings is 2. The summed E-state index contributed by atoms with van der Waals surface area (Å²) in [7, 11) is 0. The number of halogens is 1. The van der Waals surface area contributed by atoms with E-state index in [4.69, 9.17) is 0 Å². The van der Waals surface area contributed by atoms with E-state index in [1.165, 1.54) is 17.0 Å². The topological polar surface area (TPSA) is 75.4 Å². The van der Waals surface area contributed by atoms with Crippen LogP contribution in [0.25, 0.3) is 11.0 Å². The van der Waals surface area contributed by atoms with Crippen LogP contribution in [-0.2, 0) is 17.8 Å². The zero-order chi connectivity index (χ0) is 20.3. The number of carbonyl (C=O) groups excluding carboxylic acids is 1. The molecule has 28 heavy (non-hydrogen) atoms. The van der Waals surface area contributed by atoms with Crippen molar-refractivity contribution < 1.29 is 19.1 Å². The monoisotopic (exact) mass is 383 g/mol. The summed E-state index contributed by atoms with van der Waals surface area (Å²) in [6, 6.07) is 11.2. The Kier molecular flexibility index (Phi) is 5.73. The van der Waals surface area contributed by atoms with Gasteiger partial charge in [-0.3, -0.25) is 9.59 Å². The number of fused-ring (bicyclic) bond motifs is 1. The normalized spacial score (nSPS) is 11.0. The smallest absolute Gasteiger partial charge is 0.323 e. The summed E-state index contributed by atoms with van der Waals surface area (Å²) in [6.07, 6.45) is 0.436. The average molecular weight is 383 g/mol. The maximum absolute atomic E-state index is 13.0. The molecule has 6 nitrogen and oxygen atoms in total. The van der Waals surface area contributed by atoms with Gasteiger partial charge in [0, 0.05) is 18.7 Å². The highest BCUT2D eigenvalue weighted by Gasteiger charge is 2.20. The van der Waals surface area contributed by atoms with Gasteiger partial charge in [0.25, 0.3) is 5.91 Å². The predicted molar refractivity (Wildman–Crippen MR) is 104 cm³/mol. The van der Waals surface area contributed by atoms with Crippen molar-refractivity contribution in [3.63, 3.8) is 0 Å². The number of carboxylic acid groups (broad SMARTS) is 1. The number of nitrogens with zero attached hydrogens (tertiary/aromatic N) is 3. The van der Waals surface area contributed by atoms with Gasteiger partial charge in [0.05, 0.1) is 11.0 Å². The molecule has 0 spiro atoms. The molecule has 0 atom stereocenters. The third-order valence-corrected chi connectivity index (χ3v) is 4.70. The Balaban J connectivity index is 1.83. The Morgan fingerprint density at radius 2 is 1.89 bits per heavy atom. The lowest BCUT2D eigenvalue weighted by molar-refractivity contribution is -0.137. The van der Waals surface area contributed by atoms with Gasteiger partial charge in [-0.2, -0.15) is 0 Å². The lowest BCUT2D eigenvalue weighted by atomic mass is 10.1. The molecule has 0 saturated carbocycles. The Hall–Kier alpha value is -3.22. The SMILES string of the molecule is CCn1c(C)nc2cc(C(=O)N(CCc3ccc(F)cc3)CC(=O)O)ccc21. The van der Waals surface area contributed by atoms with Crippen molar-refractivity contribution in [2.45, 2.75) is 26.8 Å². The number of rotatable bonds is 7. The third kappa shape index (κ3) is 4.19. The minimum atomic E-state index is -1.08. The molecule has 3 aromatic rings. The largest absolute Gasteiger partial charge is 0.480 e. The van der Waals surface area contributed by atoms with Crippen LogP contribution >= 0.6 is 0 Å². The van der Waals surface area contributed by atoms with E-state index in [1.54, 1.807) is 24.3 Å². The first-order valence-electron chi connectivity index (χ1n) is 9.11. The fourth-order valence-corrected chi connectivity index (χ4v) is 3.30. The summed E-state index contributed by atoms with van der Waals surface area (Å²) in [5.41, 5.74) is 2.87. The lowest BCUT2D eigenvalue weighted by Crippen LogP contribution is -2.37. The average Bonchev–Trinajstić information content (AvgIpc) is 2.99. The summed E-state index contributed by atoms with van der Waals surface area (Å²) < 4.78 is 15.1. The molecule has 1 amide bonds. The van der Waals surface area contributed by atoms with Gasteiger partial charge in [-0.15, -0.1) is 0 Å². The molecular weight excluding hydrogens is 361 g/mol. The maximum Gasteiger partial charge on any atom is 0.323 e. The Morgan fingerprint density at radius 1 is 1.18 bits per heavy atom. The van der Waals surface area contributed by atoms with Crippen molar-refractivity contribution in [3.05, 3.63) is 65.2 Å². The summed E-state index contributed by atoms with van der Waals surface area (Å²) in [4.78, 5) is 29.9. The molecule has 0 bridgehead atoms. The van der Waals surface area contributed by atoms with Crippen molar-refractivity contribution in [2.24, 2.45) is 0 Å². The second kappa shape index (κ2) is 8.21. The van der Waals surface area contributed by atoms with Crippen LogP contribution in [0.4, 0.5) is 4.39 Å². The molecule has 0 fully saturated rings. The summed E-state index contributed by atoms with van der Waals surface area (Å²) in [5.74, 6) is -0.923. The number of aryl methyl sites for hydroxylation is 2. The van der Waals surface area contributed by atoms with E-state index in [-0.39, 0.29) is 18.3 Å². The number of amides is 1. The summed E-state index contributed by atoms with van der Waals surface area (Å²) in [6.45, 7) is 4.53. The van der Waals surface area contributed by atoms with Crippen LogP contribution in [0.2, 0.25) is 0 Å². The van der Waals surface area contributed by atoms with E-state index in [0.29, 0.717) is 17.5 Å². The summed E-state index contributed by atoms with van der Waals surface area (Å²) in [5, 5.41) is 9.20. The second-order valence-corrected chi connectivity index (χ2v) is 6.60. The van der Waals surface area contributed by atoms with E-state index in [9.17, 15) is 19.1 Å². The minimum absolute atomic E-state index is 0.219.